The maximum Gasteiger partial charge on any atom is 0.163 e. The van der Waals surface area contributed by atoms with E-state index in [9.17, 15) is 4.79 Å². The monoisotopic (exact) mass is 248 g/mol. The number of unbranched alkanes of at least 4 members (excludes halogenated alkanes) is 1. The first-order chi connectivity index (χ1) is 8.56. The summed E-state index contributed by atoms with van der Waals surface area (Å²) in [6.45, 7) is 8.62. The van der Waals surface area contributed by atoms with Crippen molar-refractivity contribution in [1.82, 2.24) is 0 Å². The third kappa shape index (κ3) is 4.17. The maximum atomic E-state index is 11.6. The number of aryl methyl sites for hydroxylation is 1. The molecule has 1 aromatic rings. The van der Waals surface area contributed by atoms with E-state index in [-0.39, 0.29) is 5.78 Å². The van der Waals surface area contributed by atoms with Crippen molar-refractivity contribution in [3.8, 4) is 5.75 Å². The summed E-state index contributed by atoms with van der Waals surface area (Å²) in [4.78, 5) is 11.6. The van der Waals surface area contributed by atoms with Crippen LogP contribution in [0.4, 0.5) is 0 Å². The second-order valence-corrected chi connectivity index (χ2v) is 5.06. The lowest BCUT2D eigenvalue weighted by Gasteiger charge is -2.15. The summed E-state index contributed by atoms with van der Waals surface area (Å²) in [5, 5.41) is 0. The van der Waals surface area contributed by atoms with Gasteiger partial charge in [0.05, 0.1) is 12.2 Å². The molecule has 0 saturated carbocycles. The molecule has 1 aromatic carbocycles. The summed E-state index contributed by atoms with van der Waals surface area (Å²) in [6, 6.07) is 5.77. The number of carbonyl (C=O) groups is 1. The van der Waals surface area contributed by atoms with Gasteiger partial charge in [-0.1, -0.05) is 38.8 Å². The summed E-state index contributed by atoms with van der Waals surface area (Å²) < 4.78 is 5.82. The van der Waals surface area contributed by atoms with Crippen molar-refractivity contribution in [2.45, 2.75) is 47.0 Å². The minimum absolute atomic E-state index is 0.0734. The molecule has 1 rings (SSSR count). The van der Waals surface area contributed by atoms with E-state index < -0.39 is 0 Å². The van der Waals surface area contributed by atoms with Crippen LogP contribution in [0.1, 0.15) is 56.0 Å². The van der Waals surface area contributed by atoms with Crippen LogP contribution in [0.2, 0.25) is 0 Å². The van der Waals surface area contributed by atoms with Crippen LogP contribution in [-0.2, 0) is 0 Å². The molecular formula is C16H24O2. The molecule has 0 amide bonds. The number of ketones is 1. The van der Waals surface area contributed by atoms with Crippen LogP contribution in [0, 0.1) is 12.8 Å². The minimum Gasteiger partial charge on any atom is -0.493 e. The minimum atomic E-state index is 0.0734. The molecule has 0 spiro atoms. The molecule has 0 bridgehead atoms. The van der Waals surface area contributed by atoms with Gasteiger partial charge >= 0.3 is 0 Å². The van der Waals surface area contributed by atoms with Gasteiger partial charge in [-0.3, -0.25) is 4.79 Å². The van der Waals surface area contributed by atoms with Gasteiger partial charge in [0.1, 0.15) is 5.75 Å². The average Bonchev–Trinajstić information content (AvgIpc) is 2.33. The van der Waals surface area contributed by atoms with Crippen LogP contribution >= 0.6 is 0 Å². The van der Waals surface area contributed by atoms with Crippen molar-refractivity contribution in [3.05, 3.63) is 29.3 Å². The Hall–Kier alpha value is -1.31. The summed E-state index contributed by atoms with van der Waals surface area (Å²) in [6.07, 6.45) is 3.63. The number of benzene rings is 1. The molecule has 0 saturated heterocycles. The Bertz CT molecular complexity index is 396. The van der Waals surface area contributed by atoms with Crippen molar-refractivity contribution in [2.75, 3.05) is 6.61 Å². The zero-order valence-electron chi connectivity index (χ0n) is 12.0. The Balaban J connectivity index is 2.67. The zero-order valence-corrected chi connectivity index (χ0v) is 12.0. The van der Waals surface area contributed by atoms with E-state index in [2.05, 4.69) is 13.8 Å². The normalized spacial score (nSPS) is 12.2. The lowest BCUT2D eigenvalue weighted by Crippen LogP contribution is -2.11. The topological polar surface area (TPSA) is 26.3 Å². The van der Waals surface area contributed by atoms with Crippen LogP contribution in [0.3, 0.4) is 0 Å². The Morgan fingerprint density at radius 2 is 2.11 bits per heavy atom. The van der Waals surface area contributed by atoms with E-state index in [1.807, 2.05) is 25.1 Å². The van der Waals surface area contributed by atoms with Crippen LogP contribution in [0.15, 0.2) is 18.2 Å². The number of Topliss-reactive ketones (excluding diaryl/α,β-unsaturated/α-hetero) is 1. The van der Waals surface area contributed by atoms with Gasteiger partial charge < -0.3 is 4.74 Å². The number of hydrogen-bond acceptors (Lipinski definition) is 2. The summed E-state index contributed by atoms with van der Waals surface area (Å²) >= 11 is 0. The van der Waals surface area contributed by atoms with E-state index in [0.717, 1.165) is 16.9 Å². The molecule has 2 heteroatoms. The van der Waals surface area contributed by atoms with E-state index in [4.69, 9.17) is 4.74 Å². The Labute approximate surface area is 110 Å². The van der Waals surface area contributed by atoms with Crippen molar-refractivity contribution >= 4 is 5.78 Å². The van der Waals surface area contributed by atoms with Crippen molar-refractivity contribution < 1.29 is 9.53 Å². The van der Waals surface area contributed by atoms with Gasteiger partial charge in [-0.25, -0.2) is 0 Å². The average molecular weight is 248 g/mol. The first-order valence-corrected chi connectivity index (χ1v) is 6.79. The van der Waals surface area contributed by atoms with Crippen molar-refractivity contribution in [1.29, 1.82) is 0 Å². The second-order valence-electron chi connectivity index (χ2n) is 5.06. The fourth-order valence-electron chi connectivity index (χ4n) is 2.08. The molecular weight excluding hydrogens is 224 g/mol. The molecule has 1 unspecified atom stereocenters. The SMILES string of the molecule is CCCCC(C)COc1cccc(C)c1C(C)=O. The second kappa shape index (κ2) is 7.20. The van der Waals surface area contributed by atoms with Crippen LogP contribution in [0.5, 0.6) is 5.75 Å². The maximum absolute atomic E-state index is 11.6. The summed E-state index contributed by atoms with van der Waals surface area (Å²) in [5.74, 6) is 1.33. The third-order valence-electron chi connectivity index (χ3n) is 3.16. The van der Waals surface area contributed by atoms with Gasteiger partial charge in [-0.15, -0.1) is 0 Å². The number of rotatable bonds is 7. The van der Waals surface area contributed by atoms with Gasteiger partial charge in [-0.2, -0.15) is 0 Å². The lowest BCUT2D eigenvalue weighted by atomic mass is 10.0. The highest BCUT2D eigenvalue weighted by Gasteiger charge is 2.12. The molecule has 0 N–H and O–H groups in total. The molecule has 0 heterocycles. The first-order valence-electron chi connectivity index (χ1n) is 6.79. The highest BCUT2D eigenvalue weighted by atomic mass is 16.5. The predicted molar refractivity (Wildman–Crippen MR) is 75.4 cm³/mol. The molecule has 100 valence electrons. The molecule has 0 aliphatic rings. The molecule has 0 aliphatic heterocycles. The van der Waals surface area contributed by atoms with Crippen LogP contribution in [-0.4, -0.2) is 12.4 Å². The van der Waals surface area contributed by atoms with E-state index >= 15 is 0 Å². The first kappa shape index (κ1) is 14.7. The number of carbonyl (C=O) groups excluding carboxylic acids is 1. The van der Waals surface area contributed by atoms with Gasteiger partial charge in [-0.05, 0) is 37.8 Å². The van der Waals surface area contributed by atoms with E-state index in [1.54, 1.807) is 6.92 Å². The third-order valence-corrected chi connectivity index (χ3v) is 3.16. The molecule has 0 radical (unpaired) electrons. The standard InChI is InChI=1S/C16H24O2/c1-5-6-8-12(2)11-18-15-10-7-9-13(3)16(15)14(4)17/h7,9-10,12H,5-6,8,11H2,1-4H3. The molecule has 0 fully saturated rings. The molecule has 2 nitrogen and oxygen atoms in total. The van der Waals surface area contributed by atoms with Crippen LogP contribution in [0.25, 0.3) is 0 Å². The van der Waals surface area contributed by atoms with E-state index in [1.165, 1.54) is 19.3 Å². The molecule has 0 aliphatic carbocycles. The quantitative estimate of drug-likeness (QED) is 0.668. The molecule has 1 atom stereocenters. The van der Waals surface area contributed by atoms with Gasteiger partial charge in [0.25, 0.3) is 0 Å². The van der Waals surface area contributed by atoms with Crippen molar-refractivity contribution in [2.24, 2.45) is 5.92 Å². The zero-order chi connectivity index (χ0) is 13.5. The highest BCUT2D eigenvalue weighted by molar-refractivity contribution is 5.98. The lowest BCUT2D eigenvalue weighted by molar-refractivity contribution is 0.101. The summed E-state index contributed by atoms with van der Waals surface area (Å²) in [7, 11) is 0. The smallest absolute Gasteiger partial charge is 0.163 e. The fourth-order valence-corrected chi connectivity index (χ4v) is 2.08. The predicted octanol–water partition coefficient (Wildman–Crippen LogP) is 4.40. The van der Waals surface area contributed by atoms with Gasteiger partial charge in [0, 0.05) is 0 Å². The Morgan fingerprint density at radius 1 is 1.39 bits per heavy atom. The molecule has 18 heavy (non-hydrogen) atoms. The van der Waals surface area contributed by atoms with Gasteiger partial charge in [0.15, 0.2) is 5.78 Å². The fraction of sp³-hybridized carbons (Fsp3) is 0.562. The van der Waals surface area contributed by atoms with Crippen LogP contribution < -0.4 is 4.74 Å². The number of hydrogen-bond donors (Lipinski definition) is 0. The largest absolute Gasteiger partial charge is 0.493 e. The molecule has 0 aromatic heterocycles. The number of ether oxygens (including phenoxy) is 1. The van der Waals surface area contributed by atoms with Crippen molar-refractivity contribution in [3.63, 3.8) is 0 Å². The highest BCUT2D eigenvalue weighted by Crippen LogP contribution is 2.23. The van der Waals surface area contributed by atoms with E-state index in [0.29, 0.717) is 12.5 Å². The Kier molecular flexibility index (Phi) is 5.90. The summed E-state index contributed by atoms with van der Waals surface area (Å²) in [5.41, 5.74) is 1.71. The Morgan fingerprint density at radius 3 is 2.72 bits per heavy atom. The van der Waals surface area contributed by atoms with Gasteiger partial charge in [0.2, 0.25) is 0 Å².